The molecule has 2 unspecified atom stereocenters. The van der Waals surface area contributed by atoms with Gasteiger partial charge in [-0.1, -0.05) is 6.92 Å². The maximum absolute atomic E-state index is 12.2. The van der Waals surface area contributed by atoms with E-state index < -0.39 is 6.43 Å². The van der Waals surface area contributed by atoms with Crippen molar-refractivity contribution in [3.05, 3.63) is 0 Å². The Labute approximate surface area is 113 Å². The molecule has 0 aliphatic carbocycles. The summed E-state index contributed by atoms with van der Waals surface area (Å²) in [6.07, 6.45) is -0.196. The predicted molar refractivity (Wildman–Crippen MR) is 69.3 cm³/mol. The van der Waals surface area contributed by atoms with Crippen LogP contribution in [0.2, 0.25) is 0 Å². The number of carbonyl (C=O) groups is 1. The molecule has 0 aromatic carbocycles. The van der Waals surface area contributed by atoms with E-state index in [2.05, 4.69) is 21.9 Å². The zero-order valence-electron chi connectivity index (χ0n) is 11.7. The van der Waals surface area contributed by atoms with Gasteiger partial charge in [-0.25, -0.2) is 8.78 Å². The van der Waals surface area contributed by atoms with Crippen molar-refractivity contribution < 1.29 is 18.3 Å². The topological polar surface area (TPSA) is 41.6 Å². The molecule has 2 atom stereocenters. The molecule has 4 nitrogen and oxygen atoms in total. The minimum Gasteiger partial charge on any atom is -0.469 e. The zero-order chi connectivity index (χ0) is 14.3. The molecule has 0 radical (unpaired) electrons. The van der Waals surface area contributed by atoms with Crippen LogP contribution in [-0.2, 0) is 9.53 Å². The Hall–Kier alpha value is -0.750. The molecule has 1 heterocycles. The average molecular weight is 278 g/mol. The minimum atomic E-state index is -2.33. The Morgan fingerprint density at radius 1 is 1.47 bits per heavy atom. The third-order valence-corrected chi connectivity index (χ3v) is 3.40. The lowest BCUT2D eigenvalue weighted by Crippen LogP contribution is -2.50. The van der Waals surface area contributed by atoms with E-state index >= 15 is 0 Å². The van der Waals surface area contributed by atoms with Crippen molar-refractivity contribution in [1.29, 1.82) is 0 Å². The summed E-state index contributed by atoms with van der Waals surface area (Å²) >= 11 is 0. The maximum Gasteiger partial charge on any atom is 0.305 e. The largest absolute Gasteiger partial charge is 0.469 e. The van der Waals surface area contributed by atoms with Gasteiger partial charge in [-0.3, -0.25) is 4.79 Å². The molecule has 1 saturated heterocycles. The second kappa shape index (κ2) is 8.43. The van der Waals surface area contributed by atoms with Crippen LogP contribution in [0.4, 0.5) is 8.78 Å². The fourth-order valence-electron chi connectivity index (χ4n) is 2.67. The second-order valence-corrected chi connectivity index (χ2v) is 5.14. The van der Waals surface area contributed by atoms with Crippen molar-refractivity contribution in [1.82, 2.24) is 10.2 Å². The molecule has 112 valence electrons. The van der Waals surface area contributed by atoms with E-state index in [0.717, 1.165) is 32.5 Å². The number of likely N-dealkylation sites (tertiary alicyclic amines) is 1. The van der Waals surface area contributed by atoms with Gasteiger partial charge < -0.3 is 15.0 Å². The van der Waals surface area contributed by atoms with Crippen LogP contribution in [0.25, 0.3) is 0 Å². The summed E-state index contributed by atoms with van der Waals surface area (Å²) in [5.74, 6) is -0.0427. The molecular formula is C13H24F2N2O2. The summed E-state index contributed by atoms with van der Waals surface area (Å²) in [6.45, 7) is 4.36. The van der Waals surface area contributed by atoms with Crippen LogP contribution in [0, 0.1) is 5.92 Å². The smallest absolute Gasteiger partial charge is 0.305 e. The summed E-state index contributed by atoms with van der Waals surface area (Å²) in [7, 11) is 1.38. The normalized spacial score (nSPS) is 24.7. The van der Waals surface area contributed by atoms with Crippen LogP contribution in [0.3, 0.4) is 0 Å². The van der Waals surface area contributed by atoms with E-state index in [1.165, 1.54) is 7.11 Å². The maximum atomic E-state index is 12.2. The third kappa shape index (κ3) is 6.29. The van der Waals surface area contributed by atoms with Crippen LogP contribution < -0.4 is 5.32 Å². The van der Waals surface area contributed by atoms with Crippen LogP contribution >= 0.6 is 0 Å². The first-order valence-electron chi connectivity index (χ1n) is 6.85. The number of hydrogen-bond acceptors (Lipinski definition) is 4. The third-order valence-electron chi connectivity index (χ3n) is 3.40. The summed E-state index contributed by atoms with van der Waals surface area (Å²) in [5.41, 5.74) is 0. The number of alkyl halides is 2. The summed E-state index contributed by atoms with van der Waals surface area (Å²) in [4.78, 5) is 13.6. The SMILES string of the molecule is CCCN1CC(CC(=O)OC)CC(NCC(F)F)C1. The number of rotatable bonds is 7. The van der Waals surface area contributed by atoms with Gasteiger partial charge in [0, 0.05) is 25.6 Å². The van der Waals surface area contributed by atoms with Crippen LogP contribution in [0.1, 0.15) is 26.2 Å². The van der Waals surface area contributed by atoms with Crippen molar-refractivity contribution in [2.24, 2.45) is 5.92 Å². The molecule has 0 aromatic heterocycles. The lowest BCUT2D eigenvalue weighted by molar-refractivity contribution is -0.142. The number of ether oxygens (including phenoxy) is 1. The number of halogens is 2. The van der Waals surface area contributed by atoms with Gasteiger partial charge in [0.15, 0.2) is 0 Å². The number of piperidine rings is 1. The number of nitrogens with one attached hydrogen (secondary N) is 1. The van der Waals surface area contributed by atoms with Crippen molar-refractivity contribution in [3.63, 3.8) is 0 Å². The first-order chi connectivity index (χ1) is 9.05. The lowest BCUT2D eigenvalue weighted by atomic mass is 9.91. The van der Waals surface area contributed by atoms with Gasteiger partial charge >= 0.3 is 5.97 Å². The van der Waals surface area contributed by atoms with Crippen molar-refractivity contribution in [2.75, 3.05) is 33.3 Å². The van der Waals surface area contributed by atoms with Crippen LogP contribution in [-0.4, -0.2) is 56.6 Å². The molecule has 1 fully saturated rings. The summed E-state index contributed by atoms with van der Waals surface area (Å²) < 4.78 is 29.2. The highest BCUT2D eigenvalue weighted by Crippen LogP contribution is 2.21. The average Bonchev–Trinajstić information content (AvgIpc) is 2.36. The lowest BCUT2D eigenvalue weighted by Gasteiger charge is -2.37. The van der Waals surface area contributed by atoms with Gasteiger partial charge in [-0.2, -0.15) is 0 Å². The Kier molecular flexibility index (Phi) is 7.23. The van der Waals surface area contributed by atoms with E-state index in [4.69, 9.17) is 0 Å². The fourth-order valence-corrected chi connectivity index (χ4v) is 2.67. The number of carbonyl (C=O) groups excluding carboxylic acids is 1. The molecule has 0 saturated carbocycles. The molecule has 0 spiro atoms. The fraction of sp³-hybridized carbons (Fsp3) is 0.923. The molecule has 0 bridgehead atoms. The van der Waals surface area contributed by atoms with Gasteiger partial charge in [-0.15, -0.1) is 0 Å². The van der Waals surface area contributed by atoms with Gasteiger partial charge in [0.1, 0.15) is 0 Å². The second-order valence-electron chi connectivity index (χ2n) is 5.14. The Morgan fingerprint density at radius 3 is 2.79 bits per heavy atom. The monoisotopic (exact) mass is 278 g/mol. The number of esters is 1. The summed E-state index contributed by atoms with van der Waals surface area (Å²) in [5, 5.41) is 2.89. The highest BCUT2D eigenvalue weighted by atomic mass is 19.3. The van der Waals surface area contributed by atoms with E-state index in [1.54, 1.807) is 0 Å². The first-order valence-corrected chi connectivity index (χ1v) is 6.85. The highest BCUT2D eigenvalue weighted by molar-refractivity contribution is 5.69. The number of hydrogen-bond donors (Lipinski definition) is 1. The van der Waals surface area contributed by atoms with Gasteiger partial charge in [0.25, 0.3) is 6.43 Å². The first kappa shape index (κ1) is 16.3. The standard InChI is InChI=1S/C13H24F2N2O2/c1-3-4-17-8-10(6-13(18)19-2)5-11(9-17)16-7-12(14)15/h10-12,16H,3-9H2,1-2H3. The van der Waals surface area contributed by atoms with Crippen molar-refractivity contribution in [2.45, 2.75) is 38.7 Å². The summed E-state index contributed by atoms with van der Waals surface area (Å²) in [6, 6.07) is 0.0314. The molecule has 0 aromatic rings. The highest BCUT2D eigenvalue weighted by Gasteiger charge is 2.28. The number of methoxy groups -OCH3 is 1. The van der Waals surface area contributed by atoms with Crippen LogP contribution in [0.5, 0.6) is 0 Å². The molecule has 1 aliphatic heterocycles. The Bertz CT molecular complexity index is 277. The molecule has 6 heteroatoms. The van der Waals surface area contributed by atoms with Gasteiger partial charge in [0.05, 0.1) is 13.7 Å². The van der Waals surface area contributed by atoms with Crippen molar-refractivity contribution >= 4 is 5.97 Å². The van der Waals surface area contributed by atoms with Crippen LogP contribution in [0.15, 0.2) is 0 Å². The molecular weight excluding hydrogens is 254 g/mol. The predicted octanol–water partition coefficient (Wildman–Crippen LogP) is 1.50. The Balaban J connectivity index is 2.49. The van der Waals surface area contributed by atoms with Gasteiger partial charge in [-0.05, 0) is 25.3 Å². The minimum absolute atomic E-state index is 0.0314. The van der Waals surface area contributed by atoms with E-state index in [1.807, 2.05) is 0 Å². The molecule has 1 rings (SSSR count). The van der Waals surface area contributed by atoms with E-state index in [-0.39, 0.29) is 24.5 Å². The van der Waals surface area contributed by atoms with Gasteiger partial charge in [0.2, 0.25) is 0 Å². The number of nitrogens with zero attached hydrogens (tertiary/aromatic N) is 1. The molecule has 1 aliphatic rings. The van der Waals surface area contributed by atoms with E-state index in [9.17, 15) is 13.6 Å². The molecule has 1 N–H and O–H groups in total. The van der Waals surface area contributed by atoms with Crippen molar-refractivity contribution in [3.8, 4) is 0 Å². The molecule has 19 heavy (non-hydrogen) atoms. The quantitative estimate of drug-likeness (QED) is 0.717. The zero-order valence-corrected chi connectivity index (χ0v) is 11.7. The Morgan fingerprint density at radius 2 is 2.21 bits per heavy atom. The van der Waals surface area contributed by atoms with E-state index in [0.29, 0.717) is 6.42 Å². The molecule has 0 amide bonds.